The summed E-state index contributed by atoms with van der Waals surface area (Å²) in [7, 11) is 0. The van der Waals surface area contributed by atoms with Crippen LogP contribution in [0.4, 0.5) is 0 Å². The molecule has 1 N–H and O–H groups in total. The van der Waals surface area contributed by atoms with Crippen LogP contribution in [0.1, 0.15) is 29.3 Å². The van der Waals surface area contributed by atoms with Crippen LogP contribution in [0.3, 0.4) is 0 Å². The number of carbonyl (C=O) groups is 1. The average molecular weight is 233 g/mol. The molecule has 1 heterocycles. The van der Waals surface area contributed by atoms with E-state index in [2.05, 4.69) is 12.2 Å². The van der Waals surface area contributed by atoms with Crippen molar-refractivity contribution in [2.75, 3.05) is 13.2 Å². The molecular formula is C14H19NO2. The fraction of sp³-hybridized carbons (Fsp3) is 0.500. The molecule has 0 saturated carbocycles. The molecule has 2 unspecified atom stereocenters. The summed E-state index contributed by atoms with van der Waals surface area (Å²) >= 11 is 0. The normalized spacial score (nSPS) is 24.6. The lowest BCUT2D eigenvalue weighted by Crippen LogP contribution is -2.48. The Morgan fingerprint density at radius 2 is 2.06 bits per heavy atom. The van der Waals surface area contributed by atoms with Gasteiger partial charge >= 0.3 is 0 Å². The summed E-state index contributed by atoms with van der Waals surface area (Å²) in [6.45, 7) is 5.45. The number of aryl methyl sites for hydroxylation is 1. The van der Waals surface area contributed by atoms with E-state index in [0.29, 0.717) is 19.1 Å². The molecule has 0 aliphatic carbocycles. The third-order valence-electron chi connectivity index (χ3n) is 3.01. The smallest absolute Gasteiger partial charge is 0.164 e. The number of ketones is 1. The topological polar surface area (TPSA) is 38.3 Å². The van der Waals surface area contributed by atoms with Gasteiger partial charge in [0.25, 0.3) is 0 Å². The van der Waals surface area contributed by atoms with Gasteiger partial charge in [0.15, 0.2) is 5.78 Å². The van der Waals surface area contributed by atoms with Gasteiger partial charge in [-0.25, -0.2) is 0 Å². The van der Waals surface area contributed by atoms with Gasteiger partial charge in [-0.2, -0.15) is 0 Å². The van der Waals surface area contributed by atoms with Crippen molar-refractivity contribution < 1.29 is 9.53 Å². The number of benzene rings is 1. The van der Waals surface area contributed by atoms with Crippen LogP contribution in [0.5, 0.6) is 0 Å². The number of nitrogens with one attached hydrogen (secondary N) is 1. The molecule has 1 aliphatic heterocycles. The van der Waals surface area contributed by atoms with E-state index < -0.39 is 0 Å². The minimum atomic E-state index is 0.146. The third-order valence-corrected chi connectivity index (χ3v) is 3.01. The minimum Gasteiger partial charge on any atom is -0.378 e. The van der Waals surface area contributed by atoms with E-state index in [1.165, 1.54) is 5.56 Å². The van der Waals surface area contributed by atoms with Crippen molar-refractivity contribution in [3.05, 3.63) is 35.4 Å². The largest absolute Gasteiger partial charge is 0.378 e. The van der Waals surface area contributed by atoms with Crippen LogP contribution in [-0.4, -0.2) is 31.1 Å². The van der Waals surface area contributed by atoms with Crippen molar-refractivity contribution in [1.82, 2.24) is 5.32 Å². The lowest BCUT2D eigenvalue weighted by atomic mass is 10.0. The number of ether oxygens (including phenoxy) is 1. The van der Waals surface area contributed by atoms with Gasteiger partial charge in [-0.1, -0.05) is 29.8 Å². The summed E-state index contributed by atoms with van der Waals surface area (Å²) in [5.41, 5.74) is 1.96. The predicted octanol–water partition coefficient (Wildman–Crippen LogP) is 1.94. The van der Waals surface area contributed by atoms with Crippen LogP contribution in [0.2, 0.25) is 0 Å². The van der Waals surface area contributed by atoms with E-state index in [1.807, 2.05) is 31.2 Å². The molecule has 92 valence electrons. The summed E-state index contributed by atoms with van der Waals surface area (Å²) in [5, 5.41) is 3.38. The maximum Gasteiger partial charge on any atom is 0.164 e. The Morgan fingerprint density at radius 1 is 1.35 bits per heavy atom. The molecule has 0 bridgehead atoms. The Labute approximate surface area is 102 Å². The highest BCUT2D eigenvalue weighted by Crippen LogP contribution is 2.10. The standard InChI is InChI=1S/C14H19NO2/c1-10-3-5-12(6-4-10)14(16)7-13-9-17-8-11(2)15-13/h3-6,11,13,15H,7-9H2,1-2H3. The Bertz CT molecular complexity index is 386. The van der Waals surface area contributed by atoms with E-state index in [1.54, 1.807) is 0 Å². The van der Waals surface area contributed by atoms with Gasteiger partial charge in [-0.3, -0.25) is 4.79 Å². The van der Waals surface area contributed by atoms with Gasteiger partial charge in [-0.15, -0.1) is 0 Å². The van der Waals surface area contributed by atoms with Gasteiger partial charge < -0.3 is 10.1 Å². The lowest BCUT2D eigenvalue weighted by molar-refractivity contribution is 0.0463. The SMILES string of the molecule is Cc1ccc(C(=O)CC2COCC(C)N2)cc1. The maximum atomic E-state index is 12.0. The molecule has 1 aliphatic rings. The lowest BCUT2D eigenvalue weighted by Gasteiger charge is -2.28. The predicted molar refractivity (Wildman–Crippen MR) is 67.3 cm³/mol. The van der Waals surface area contributed by atoms with Gasteiger partial charge in [0, 0.05) is 24.1 Å². The third kappa shape index (κ3) is 3.38. The minimum absolute atomic E-state index is 0.146. The highest BCUT2D eigenvalue weighted by molar-refractivity contribution is 5.96. The summed E-state index contributed by atoms with van der Waals surface area (Å²) in [5.74, 6) is 0.181. The molecule has 1 saturated heterocycles. The van der Waals surface area contributed by atoms with E-state index in [0.717, 1.165) is 12.2 Å². The van der Waals surface area contributed by atoms with Gasteiger partial charge in [0.05, 0.1) is 13.2 Å². The summed E-state index contributed by atoms with van der Waals surface area (Å²) in [6, 6.07) is 8.21. The Morgan fingerprint density at radius 3 is 2.71 bits per heavy atom. The van der Waals surface area contributed by atoms with Crippen LogP contribution in [0.15, 0.2) is 24.3 Å². The number of morpholine rings is 1. The Kier molecular flexibility index (Phi) is 3.92. The van der Waals surface area contributed by atoms with Crippen molar-refractivity contribution in [1.29, 1.82) is 0 Å². The second kappa shape index (κ2) is 5.43. The molecular weight excluding hydrogens is 214 g/mol. The summed E-state index contributed by atoms with van der Waals surface area (Å²) < 4.78 is 5.44. The number of hydrogen-bond donors (Lipinski definition) is 1. The van der Waals surface area contributed by atoms with E-state index in [-0.39, 0.29) is 11.8 Å². The van der Waals surface area contributed by atoms with E-state index in [9.17, 15) is 4.79 Å². The average Bonchev–Trinajstić information content (AvgIpc) is 2.29. The Hall–Kier alpha value is -1.19. The van der Waals surface area contributed by atoms with Crippen LogP contribution in [0, 0.1) is 6.92 Å². The fourth-order valence-electron chi connectivity index (χ4n) is 2.08. The van der Waals surface area contributed by atoms with Crippen LogP contribution < -0.4 is 5.32 Å². The highest BCUT2D eigenvalue weighted by atomic mass is 16.5. The molecule has 0 radical (unpaired) electrons. The first-order valence-corrected chi connectivity index (χ1v) is 6.09. The van der Waals surface area contributed by atoms with Crippen molar-refractivity contribution in [3.63, 3.8) is 0 Å². The zero-order chi connectivity index (χ0) is 12.3. The first-order valence-electron chi connectivity index (χ1n) is 6.09. The molecule has 0 amide bonds. The molecule has 3 nitrogen and oxygen atoms in total. The van der Waals surface area contributed by atoms with Crippen molar-refractivity contribution >= 4 is 5.78 Å². The van der Waals surface area contributed by atoms with Crippen LogP contribution in [0.25, 0.3) is 0 Å². The van der Waals surface area contributed by atoms with E-state index in [4.69, 9.17) is 4.74 Å². The molecule has 2 rings (SSSR count). The second-order valence-corrected chi connectivity index (χ2v) is 4.80. The first-order chi connectivity index (χ1) is 8.15. The van der Waals surface area contributed by atoms with Crippen LogP contribution in [-0.2, 0) is 4.74 Å². The fourth-order valence-corrected chi connectivity index (χ4v) is 2.08. The van der Waals surface area contributed by atoms with Crippen molar-refractivity contribution in [2.45, 2.75) is 32.4 Å². The molecule has 0 spiro atoms. The quantitative estimate of drug-likeness (QED) is 0.811. The number of hydrogen-bond acceptors (Lipinski definition) is 3. The Balaban J connectivity index is 1.94. The molecule has 1 aromatic carbocycles. The zero-order valence-corrected chi connectivity index (χ0v) is 10.4. The molecule has 17 heavy (non-hydrogen) atoms. The zero-order valence-electron chi connectivity index (χ0n) is 10.4. The van der Waals surface area contributed by atoms with Gasteiger partial charge in [0.1, 0.15) is 0 Å². The van der Waals surface area contributed by atoms with Crippen molar-refractivity contribution in [3.8, 4) is 0 Å². The summed E-state index contributed by atoms with van der Waals surface area (Å²) in [4.78, 5) is 12.0. The first kappa shape index (κ1) is 12.3. The number of Topliss-reactive ketones (excluding diaryl/α,β-unsaturated/α-hetero) is 1. The summed E-state index contributed by atoms with van der Waals surface area (Å²) in [6.07, 6.45) is 0.507. The van der Waals surface area contributed by atoms with E-state index >= 15 is 0 Å². The van der Waals surface area contributed by atoms with Crippen molar-refractivity contribution in [2.24, 2.45) is 0 Å². The molecule has 1 aromatic rings. The molecule has 0 aromatic heterocycles. The molecule has 2 atom stereocenters. The van der Waals surface area contributed by atoms with Gasteiger partial charge in [-0.05, 0) is 13.8 Å². The second-order valence-electron chi connectivity index (χ2n) is 4.80. The number of rotatable bonds is 3. The maximum absolute atomic E-state index is 12.0. The van der Waals surface area contributed by atoms with Crippen LogP contribution >= 0.6 is 0 Å². The molecule has 1 fully saturated rings. The number of carbonyl (C=O) groups excluding carboxylic acids is 1. The monoisotopic (exact) mass is 233 g/mol. The molecule has 3 heteroatoms. The van der Waals surface area contributed by atoms with Gasteiger partial charge in [0.2, 0.25) is 0 Å². The highest BCUT2D eigenvalue weighted by Gasteiger charge is 2.21.